The topological polar surface area (TPSA) is 94.7 Å². The molecule has 5 aromatic rings. The van der Waals surface area contributed by atoms with Gasteiger partial charge in [-0.25, -0.2) is 9.69 Å². The number of hydrogen-bond acceptors (Lipinski definition) is 4. The Hall–Kier alpha value is -5.37. The predicted octanol–water partition coefficient (Wildman–Crippen LogP) is 7.04. The van der Waals surface area contributed by atoms with Crippen molar-refractivity contribution in [2.24, 2.45) is 0 Å². The zero-order valence-corrected chi connectivity index (χ0v) is 24.7. The van der Waals surface area contributed by atoms with Gasteiger partial charge < -0.3 is 15.0 Å². The summed E-state index contributed by atoms with van der Waals surface area (Å²) < 4.78 is 5.52. The second-order valence-electron chi connectivity index (χ2n) is 11.6. The van der Waals surface area contributed by atoms with E-state index in [2.05, 4.69) is 24.1 Å². The number of H-pyrrole nitrogens is 1. The van der Waals surface area contributed by atoms with Crippen molar-refractivity contribution in [3.63, 3.8) is 0 Å². The lowest BCUT2D eigenvalue weighted by molar-refractivity contribution is -0.120. The summed E-state index contributed by atoms with van der Waals surface area (Å²) in [6.45, 7) is 4.22. The van der Waals surface area contributed by atoms with E-state index in [-0.39, 0.29) is 17.2 Å². The minimum absolute atomic E-state index is 0.240. The summed E-state index contributed by atoms with van der Waals surface area (Å²) in [7, 11) is 1.60. The van der Waals surface area contributed by atoms with Crippen LogP contribution >= 0.6 is 0 Å². The second-order valence-corrected chi connectivity index (χ2v) is 11.6. The van der Waals surface area contributed by atoms with Crippen molar-refractivity contribution in [3.8, 4) is 5.75 Å². The molecule has 0 radical (unpaired) electrons. The van der Waals surface area contributed by atoms with Crippen LogP contribution in [0.1, 0.15) is 58.5 Å². The SMILES string of the molecule is COc1cccc(C2c3[nH]c4ccccc4c3C[C@H]3C(=O)N(c4ccccc4C(=O)Nc4ccc(C(C)C)cc4)C(=O)N23)c1. The maximum absolute atomic E-state index is 14.4. The largest absolute Gasteiger partial charge is 0.497 e. The lowest BCUT2D eigenvalue weighted by atomic mass is 9.89. The number of methoxy groups -OCH3 is 1. The van der Waals surface area contributed by atoms with E-state index in [1.54, 1.807) is 36.3 Å². The molecule has 0 spiro atoms. The summed E-state index contributed by atoms with van der Waals surface area (Å²) in [5.41, 5.74) is 5.94. The Morgan fingerprint density at radius 1 is 0.932 bits per heavy atom. The smallest absolute Gasteiger partial charge is 0.332 e. The molecule has 0 aliphatic carbocycles. The number of fused-ring (bicyclic) bond motifs is 4. The molecule has 2 aliphatic rings. The van der Waals surface area contributed by atoms with Crippen molar-refractivity contribution in [2.45, 2.75) is 38.3 Å². The minimum Gasteiger partial charge on any atom is -0.497 e. The molecule has 2 aliphatic heterocycles. The molecule has 8 heteroatoms. The van der Waals surface area contributed by atoms with Gasteiger partial charge in [-0.3, -0.25) is 14.5 Å². The number of hydrogen-bond donors (Lipinski definition) is 2. The van der Waals surface area contributed by atoms with Crippen molar-refractivity contribution in [1.82, 2.24) is 9.88 Å². The third kappa shape index (κ3) is 4.41. The van der Waals surface area contributed by atoms with Crippen LogP contribution < -0.4 is 15.0 Å². The third-order valence-corrected chi connectivity index (χ3v) is 8.68. The first-order valence-corrected chi connectivity index (χ1v) is 14.8. The van der Waals surface area contributed by atoms with Gasteiger partial charge in [0, 0.05) is 28.7 Å². The molecule has 2 atom stereocenters. The van der Waals surface area contributed by atoms with Crippen LogP contribution in [0.15, 0.2) is 97.1 Å². The number of carbonyl (C=O) groups is 3. The summed E-state index contributed by atoms with van der Waals surface area (Å²) in [6.07, 6.45) is 0.359. The molecule has 0 saturated carbocycles. The maximum Gasteiger partial charge on any atom is 0.332 e. The van der Waals surface area contributed by atoms with Crippen molar-refractivity contribution < 1.29 is 19.1 Å². The van der Waals surface area contributed by atoms with E-state index < -0.39 is 24.0 Å². The molecule has 1 fully saturated rings. The highest BCUT2D eigenvalue weighted by Gasteiger charge is 2.53. The lowest BCUT2D eigenvalue weighted by Gasteiger charge is -2.36. The molecule has 8 nitrogen and oxygen atoms in total. The number of ether oxygens (including phenoxy) is 1. The van der Waals surface area contributed by atoms with Gasteiger partial charge in [0.1, 0.15) is 17.8 Å². The normalized spacial score (nSPS) is 17.6. The minimum atomic E-state index is -0.745. The van der Waals surface area contributed by atoms with Crippen LogP contribution in [0.25, 0.3) is 10.9 Å². The van der Waals surface area contributed by atoms with E-state index in [0.29, 0.717) is 23.8 Å². The number of urea groups is 1. The van der Waals surface area contributed by atoms with Crippen LogP contribution in [0.5, 0.6) is 5.75 Å². The first kappa shape index (κ1) is 27.5. The third-order valence-electron chi connectivity index (χ3n) is 8.68. The number of para-hydroxylation sites is 2. The summed E-state index contributed by atoms with van der Waals surface area (Å²) >= 11 is 0. The Morgan fingerprint density at radius 3 is 2.45 bits per heavy atom. The van der Waals surface area contributed by atoms with E-state index in [9.17, 15) is 14.4 Å². The molecule has 1 aromatic heterocycles. The molecule has 1 unspecified atom stereocenters. The number of amides is 4. The van der Waals surface area contributed by atoms with Crippen molar-refractivity contribution >= 4 is 40.1 Å². The molecular formula is C36H32N4O4. The molecule has 220 valence electrons. The monoisotopic (exact) mass is 584 g/mol. The predicted molar refractivity (Wildman–Crippen MR) is 170 cm³/mol. The quantitative estimate of drug-likeness (QED) is 0.210. The molecular weight excluding hydrogens is 552 g/mol. The first-order valence-electron chi connectivity index (χ1n) is 14.8. The number of anilines is 2. The van der Waals surface area contributed by atoms with E-state index >= 15 is 0 Å². The second kappa shape index (κ2) is 10.7. The van der Waals surface area contributed by atoms with Crippen molar-refractivity contribution in [3.05, 3.63) is 125 Å². The average Bonchev–Trinajstić information content (AvgIpc) is 3.54. The van der Waals surface area contributed by atoms with Crippen LogP contribution in [0.2, 0.25) is 0 Å². The molecule has 4 aromatic carbocycles. The number of nitrogens with zero attached hydrogens (tertiary/aromatic N) is 2. The van der Waals surface area contributed by atoms with E-state index in [0.717, 1.165) is 33.3 Å². The molecule has 0 bridgehead atoms. The van der Waals surface area contributed by atoms with Crippen LogP contribution in [0.4, 0.5) is 16.2 Å². The van der Waals surface area contributed by atoms with Gasteiger partial charge in [0.05, 0.1) is 18.4 Å². The van der Waals surface area contributed by atoms with Crippen LogP contribution in [0, 0.1) is 0 Å². The fraction of sp³-hybridized carbons (Fsp3) is 0.194. The lowest BCUT2D eigenvalue weighted by Crippen LogP contribution is -2.44. The highest BCUT2D eigenvalue weighted by molar-refractivity contribution is 6.24. The highest BCUT2D eigenvalue weighted by Crippen LogP contribution is 2.45. The molecule has 4 amide bonds. The molecule has 44 heavy (non-hydrogen) atoms. The number of nitrogens with one attached hydrogen (secondary N) is 2. The van der Waals surface area contributed by atoms with Gasteiger partial charge >= 0.3 is 6.03 Å². The molecule has 3 heterocycles. The fourth-order valence-electron chi connectivity index (χ4n) is 6.46. The standard InChI is InChI=1S/C36H32N4O4/c1-21(2)22-15-17-24(18-16-22)37-34(41)27-12-5-7-14-30(27)40-35(42)31-20-28-26-11-4-6-13-29(26)38-32(28)33(39(31)36(40)43)23-9-8-10-25(19-23)44-3/h4-19,21,31,33,38H,20H2,1-3H3,(H,37,41)/t31-,33?/m0/s1. The average molecular weight is 585 g/mol. The Kier molecular flexibility index (Phi) is 6.69. The molecule has 1 saturated heterocycles. The Balaban J connectivity index is 1.29. The number of aromatic nitrogens is 1. The summed E-state index contributed by atoms with van der Waals surface area (Å²) in [5.74, 6) is 0.261. The zero-order valence-electron chi connectivity index (χ0n) is 24.7. The van der Waals surface area contributed by atoms with E-state index in [1.165, 1.54) is 4.90 Å². The van der Waals surface area contributed by atoms with E-state index in [1.807, 2.05) is 72.8 Å². The number of aromatic amines is 1. The van der Waals surface area contributed by atoms with Gasteiger partial charge in [0.25, 0.3) is 11.8 Å². The van der Waals surface area contributed by atoms with Crippen LogP contribution in [0.3, 0.4) is 0 Å². The number of carbonyl (C=O) groups excluding carboxylic acids is 3. The van der Waals surface area contributed by atoms with Gasteiger partial charge in [-0.1, -0.05) is 68.4 Å². The van der Waals surface area contributed by atoms with Crippen molar-refractivity contribution in [1.29, 1.82) is 0 Å². The Bertz CT molecular complexity index is 1930. The van der Waals surface area contributed by atoms with Gasteiger partial charge in [0.15, 0.2) is 0 Å². The van der Waals surface area contributed by atoms with Gasteiger partial charge in [-0.15, -0.1) is 0 Å². The van der Waals surface area contributed by atoms with Gasteiger partial charge in [0.2, 0.25) is 0 Å². The number of imide groups is 1. The molecule has 7 rings (SSSR count). The number of rotatable bonds is 6. The number of benzene rings is 4. The van der Waals surface area contributed by atoms with E-state index in [4.69, 9.17) is 4.74 Å². The molecule has 2 N–H and O–H groups in total. The van der Waals surface area contributed by atoms with Gasteiger partial charge in [-0.05, 0) is 65.1 Å². The van der Waals surface area contributed by atoms with Gasteiger partial charge in [-0.2, -0.15) is 0 Å². The summed E-state index contributed by atoms with van der Waals surface area (Å²) in [5, 5.41) is 3.96. The van der Waals surface area contributed by atoms with Crippen LogP contribution in [-0.2, 0) is 11.2 Å². The summed E-state index contributed by atoms with van der Waals surface area (Å²) in [4.78, 5) is 48.6. The Labute approximate surface area is 255 Å². The van der Waals surface area contributed by atoms with Crippen LogP contribution in [-0.4, -0.2) is 40.9 Å². The summed E-state index contributed by atoms with van der Waals surface area (Å²) in [6, 6.07) is 28.2. The highest BCUT2D eigenvalue weighted by atomic mass is 16.5. The fourth-order valence-corrected chi connectivity index (χ4v) is 6.46. The Morgan fingerprint density at radius 2 is 1.68 bits per heavy atom. The van der Waals surface area contributed by atoms with Crippen molar-refractivity contribution in [2.75, 3.05) is 17.3 Å². The zero-order chi connectivity index (χ0) is 30.5. The maximum atomic E-state index is 14.4. The first-order chi connectivity index (χ1) is 21.4.